The van der Waals surface area contributed by atoms with Crippen LogP contribution in [0.4, 0.5) is 5.69 Å². The third kappa shape index (κ3) is 2.23. The highest BCUT2D eigenvalue weighted by atomic mass is 79.9. The smallest absolute Gasteiger partial charge is 0.191 e. The van der Waals surface area contributed by atoms with Crippen molar-refractivity contribution in [2.24, 2.45) is 16.5 Å². The number of rotatable bonds is 1. The summed E-state index contributed by atoms with van der Waals surface area (Å²) >= 11 is 3.39. The molecule has 1 aromatic carbocycles. The summed E-state index contributed by atoms with van der Waals surface area (Å²) in [6.07, 6.45) is 0. The average Bonchev–Trinajstić information content (AvgIpc) is 1.96. The molecule has 4 N–H and O–H groups in total. The van der Waals surface area contributed by atoms with E-state index < -0.39 is 0 Å². The van der Waals surface area contributed by atoms with Crippen LogP contribution in [-0.2, 0) is 0 Å². The first-order valence-electron chi connectivity index (χ1n) is 3.45. The highest BCUT2D eigenvalue weighted by Crippen LogP contribution is 2.22. The zero-order valence-corrected chi connectivity index (χ0v) is 8.30. The quantitative estimate of drug-likeness (QED) is 0.567. The van der Waals surface area contributed by atoms with E-state index in [1.165, 1.54) is 0 Å². The highest BCUT2D eigenvalue weighted by Gasteiger charge is 1.95. The first kappa shape index (κ1) is 9.06. The molecule has 0 aliphatic rings. The number of hydrogen-bond donors (Lipinski definition) is 2. The van der Waals surface area contributed by atoms with Crippen molar-refractivity contribution in [2.45, 2.75) is 6.92 Å². The lowest BCUT2D eigenvalue weighted by molar-refractivity contribution is 1.37. The molecule has 0 atom stereocenters. The minimum atomic E-state index is 0.0748. The fraction of sp³-hybridized carbons (Fsp3) is 0.125. The molecular formula is C8H10BrN3. The van der Waals surface area contributed by atoms with Crippen LogP contribution in [0, 0.1) is 6.92 Å². The van der Waals surface area contributed by atoms with Crippen molar-refractivity contribution in [3.05, 3.63) is 28.2 Å². The number of nitrogens with zero attached hydrogens (tertiary/aromatic N) is 1. The van der Waals surface area contributed by atoms with Gasteiger partial charge in [0.15, 0.2) is 5.96 Å². The summed E-state index contributed by atoms with van der Waals surface area (Å²) in [5.41, 5.74) is 12.4. The zero-order chi connectivity index (χ0) is 9.14. The van der Waals surface area contributed by atoms with Gasteiger partial charge in [0, 0.05) is 4.47 Å². The van der Waals surface area contributed by atoms with Gasteiger partial charge in [0.05, 0.1) is 5.69 Å². The van der Waals surface area contributed by atoms with E-state index >= 15 is 0 Å². The predicted octanol–water partition coefficient (Wildman–Crippen LogP) is 1.66. The molecule has 0 bridgehead atoms. The normalized spacial score (nSPS) is 9.50. The van der Waals surface area contributed by atoms with Crippen LogP contribution in [0.15, 0.2) is 27.7 Å². The lowest BCUT2D eigenvalue weighted by Crippen LogP contribution is -2.21. The van der Waals surface area contributed by atoms with Crippen LogP contribution in [0.25, 0.3) is 0 Å². The Bertz CT molecular complexity index is 316. The predicted molar refractivity (Wildman–Crippen MR) is 54.3 cm³/mol. The van der Waals surface area contributed by atoms with Crippen molar-refractivity contribution in [2.75, 3.05) is 0 Å². The number of halogens is 1. The lowest BCUT2D eigenvalue weighted by Gasteiger charge is -1.99. The van der Waals surface area contributed by atoms with Crippen molar-refractivity contribution in [1.82, 2.24) is 0 Å². The van der Waals surface area contributed by atoms with Crippen LogP contribution in [0.5, 0.6) is 0 Å². The number of nitrogens with two attached hydrogens (primary N) is 2. The maximum Gasteiger partial charge on any atom is 0.191 e. The summed E-state index contributed by atoms with van der Waals surface area (Å²) in [4.78, 5) is 3.90. The topological polar surface area (TPSA) is 64.4 Å². The van der Waals surface area contributed by atoms with Gasteiger partial charge in [-0.2, -0.15) is 0 Å². The second kappa shape index (κ2) is 3.58. The van der Waals surface area contributed by atoms with Crippen molar-refractivity contribution < 1.29 is 0 Å². The second-order valence-corrected chi connectivity index (χ2v) is 3.32. The summed E-state index contributed by atoms with van der Waals surface area (Å²) in [6.45, 7) is 2.00. The monoisotopic (exact) mass is 227 g/mol. The Labute approximate surface area is 79.6 Å². The SMILES string of the molecule is Cc1ccc(N=C(N)N)cc1Br. The van der Waals surface area contributed by atoms with E-state index in [9.17, 15) is 0 Å². The van der Waals surface area contributed by atoms with Crippen LogP contribution in [-0.4, -0.2) is 5.96 Å². The van der Waals surface area contributed by atoms with E-state index in [0.29, 0.717) is 0 Å². The molecule has 0 aromatic heterocycles. The Morgan fingerprint density at radius 1 is 1.42 bits per heavy atom. The van der Waals surface area contributed by atoms with Crippen LogP contribution in [0.1, 0.15) is 5.56 Å². The fourth-order valence-corrected chi connectivity index (χ4v) is 1.17. The Morgan fingerprint density at radius 2 is 2.08 bits per heavy atom. The number of aryl methyl sites for hydroxylation is 1. The molecule has 0 amide bonds. The summed E-state index contributed by atoms with van der Waals surface area (Å²) in [6, 6.07) is 5.68. The molecular weight excluding hydrogens is 218 g/mol. The molecule has 0 saturated carbocycles. The van der Waals surface area contributed by atoms with Crippen molar-refractivity contribution in [1.29, 1.82) is 0 Å². The Kier molecular flexibility index (Phi) is 2.70. The standard InChI is InChI=1S/C8H10BrN3/c1-5-2-3-6(4-7(5)9)12-8(10)11/h2-4H,1H3,(H4,10,11,12). The van der Waals surface area contributed by atoms with Gasteiger partial charge in [-0.1, -0.05) is 22.0 Å². The molecule has 3 nitrogen and oxygen atoms in total. The van der Waals surface area contributed by atoms with E-state index in [-0.39, 0.29) is 5.96 Å². The number of hydrogen-bond acceptors (Lipinski definition) is 1. The van der Waals surface area contributed by atoms with Gasteiger partial charge in [0.25, 0.3) is 0 Å². The maximum absolute atomic E-state index is 5.23. The molecule has 0 unspecified atom stereocenters. The Balaban J connectivity index is 3.05. The number of aliphatic imine (C=N–C) groups is 1. The molecule has 1 rings (SSSR count). The van der Waals surface area contributed by atoms with Gasteiger partial charge >= 0.3 is 0 Å². The second-order valence-electron chi connectivity index (χ2n) is 2.47. The van der Waals surface area contributed by atoms with E-state index in [1.807, 2.05) is 25.1 Å². The van der Waals surface area contributed by atoms with Gasteiger partial charge in [0.1, 0.15) is 0 Å². The minimum absolute atomic E-state index is 0.0748. The zero-order valence-electron chi connectivity index (χ0n) is 6.71. The van der Waals surface area contributed by atoms with E-state index in [4.69, 9.17) is 11.5 Å². The lowest BCUT2D eigenvalue weighted by atomic mass is 10.2. The van der Waals surface area contributed by atoms with E-state index in [2.05, 4.69) is 20.9 Å². The maximum atomic E-state index is 5.23. The van der Waals surface area contributed by atoms with Gasteiger partial charge in [-0.15, -0.1) is 0 Å². The largest absolute Gasteiger partial charge is 0.370 e. The summed E-state index contributed by atoms with van der Waals surface area (Å²) < 4.78 is 1.00. The van der Waals surface area contributed by atoms with Crippen molar-refractivity contribution >= 4 is 27.6 Å². The molecule has 1 aromatic rings. The average molecular weight is 228 g/mol. The van der Waals surface area contributed by atoms with Crippen LogP contribution in [0.3, 0.4) is 0 Å². The third-order valence-corrected chi connectivity index (χ3v) is 2.27. The first-order valence-corrected chi connectivity index (χ1v) is 4.24. The van der Waals surface area contributed by atoms with Crippen molar-refractivity contribution in [3.8, 4) is 0 Å². The molecule has 0 spiro atoms. The molecule has 12 heavy (non-hydrogen) atoms. The molecule has 0 aliphatic carbocycles. The van der Waals surface area contributed by atoms with E-state index in [0.717, 1.165) is 15.7 Å². The summed E-state index contributed by atoms with van der Waals surface area (Å²) in [7, 11) is 0. The summed E-state index contributed by atoms with van der Waals surface area (Å²) in [5, 5.41) is 0. The molecule has 0 saturated heterocycles. The highest BCUT2D eigenvalue weighted by molar-refractivity contribution is 9.10. The molecule has 0 radical (unpaired) electrons. The summed E-state index contributed by atoms with van der Waals surface area (Å²) in [5.74, 6) is 0.0748. The minimum Gasteiger partial charge on any atom is -0.370 e. The molecule has 0 heterocycles. The van der Waals surface area contributed by atoms with Gasteiger partial charge in [-0.25, -0.2) is 4.99 Å². The first-order chi connectivity index (χ1) is 5.59. The number of guanidine groups is 1. The van der Waals surface area contributed by atoms with Crippen LogP contribution >= 0.6 is 15.9 Å². The van der Waals surface area contributed by atoms with Gasteiger partial charge in [0.2, 0.25) is 0 Å². The van der Waals surface area contributed by atoms with Crippen LogP contribution < -0.4 is 11.5 Å². The molecule has 0 aliphatic heterocycles. The molecule has 4 heteroatoms. The van der Waals surface area contributed by atoms with Crippen LogP contribution in [0.2, 0.25) is 0 Å². The van der Waals surface area contributed by atoms with Crippen molar-refractivity contribution in [3.63, 3.8) is 0 Å². The Morgan fingerprint density at radius 3 is 2.58 bits per heavy atom. The fourth-order valence-electron chi connectivity index (χ4n) is 0.800. The van der Waals surface area contributed by atoms with E-state index in [1.54, 1.807) is 0 Å². The molecule has 0 fully saturated rings. The van der Waals surface area contributed by atoms with Gasteiger partial charge < -0.3 is 11.5 Å². The molecule has 64 valence electrons. The van der Waals surface area contributed by atoms with Gasteiger partial charge in [-0.3, -0.25) is 0 Å². The van der Waals surface area contributed by atoms with Gasteiger partial charge in [-0.05, 0) is 24.6 Å². The number of benzene rings is 1. The third-order valence-electron chi connectivity index (χ3n) is 1.41. The Hall–Kier alpha value is -1.03.